The van der Waals surface area contributed by atoms with Crippen LogP contribution in [-0.2, 0) is 19.4 Å². The molecule has 0 fully saturated rings. The number of sulfone groups is 1. The molecule has 0 heterocycles. The molecule has 144 valence electrons. The first-order valence-electron chi connectivity index (χ1n) is 8.50. The van der Waals surface area contributed by atoms with Crippen LogP contribution >= 0.6 is 0 Å². The van der Waals surface area contributed by atoms with Crippen molar-refractivity contribution in [2.75, 3.05) is 11.6 Å². The third-order valence-corrected chi connectivity index (χ3v) is 5.14. The Balaban J connectivity index is 1.97. The first-order chi connectivity index (χ1) is 12.6. The van der Waals surface area contributed by atoms with Crippen LogP contribution in [0, 0.1) is 0 Å². The Kier molecular flexibility index (Phi) is 6.38. The van der Waals surface area contributed by atoms with Gasteiger partial charge in [-0.25, -0.2) is 13.2 Å². The summed E-state index contributed by atoms with van der Waals surface area (Å²) in [6, 6.07) is 12.8. The fourth-order valence-electron chi connectivity index (χ4n) is 2.32. The summed E-state index contributed by atoms with van der Waals surface area (Å²) < 4.78 is 28.0. The molecule has 1 N–H and O–H groups in total. The number of hydrogen-bond donors (Lipinski definition) is 1. The van der Waals surface area contributed by atoms with Gasteiger partial charge in [0.25, 0.3) is 5.91 Å². The summed E-state index contributed by atoms with van der Waals surface area (Å²) in [5, 5.41) is 2.70. The molecular weight excluding hydrogens is 366 g/mol. The van der Waals surface area contributed by atoms with Gasteiger partial charge >= 0.3 is 5.97 Å². The lowest BCUT2D eigenvalue weighted by atomic mass is 10.0. The molecule has 0 aliphatic heterocycles. The fraction of sp³-hybridized carbons (Fsp3) is 0.300. The van der Waals surface area contributed by atoms with Gasteiger partial charge in [0, 0.05) is 11.9 Å². The molecule has 0 saturated carbocycles. The second kappa shape index (κ2) is 8.35. The Morgan fingerprint density at radius 2 is 1.48 bits per heavy atom. The highest BCUT2D eigenvalue weighted by Crippen LogP contribution is 2.17. The Hall–Kier alpha value is -2.67. The maximum Gasteiger partial charge on any atom is 0.338 e. The summed E-state index contributed by atoms with van der Waals surface area (Å²) >= 11 is 0. The van der Waals surface area contributed by atoms with E-state index in [0.717, 1.165) is 11.8 Å². The van der Waals surface area contributed by atoms with E-state index >= 15 is 0 Å². The predicted octanol–water partition coefficient (Wildman–Crippen LogP) is 3.40. The molecule has 0 aliphatic rings. The molecule has 1 amide bonds. The highest BCUT2D eigenvalue weighted by molar-refractivity contribution is 7.90. The van der Waals surface area contributed by atoms with Crippen molar-refractivity contribution >= 4 is 27.4 Å². The Morgan fingerprint density at radius 1 is 0.926 bits per heavy atom. The van der Waals surface area contributed by atoms with Crippen molar-refractivity contribution in [3.05, 3.63) is 59.7 Å². The second-order valence-corrected chi connectivity index (χ2v) is 8.63. The molecule has 0 bridgehead atoms. The number of esters is 1. The molecule has 0 spiro atoms. The van der Waals surface area contributed by atoms with Gasteiger partial charge in [-0.2, -0.15) is 0 Å². The van der Waals surface area contributed by atoms with Crippen molar-refractivity contribution in [3.63, 3.8) is 0 Å². The molecule has 2 aromatic carbocycles. The normalized spacial score (nSPS) is 12.5. The van der Waals surface area contributed by atoms with Crippen molar-refractivity contribution in [2.24, 2.45) is 0 Å². The zero-order valence-corrected chi connectivity index (χ0v) is 16.5. The van der Waals surface area contributed by atoms with E-state index in [4.69, 9.17) is 4.74 Å². The van der Waals surface area contributed by atoms with Crippen molar-refractivity contribution in [1.29, 1.82) is 0 Å². The van der Waals surface area contributed by atoms with Crippen LogP contribution in [0.2, 0.25) is 0 Å². The average molecular weight is 389 g/mol. The average Bonchev–Trinajstić information content (AvgIpc) is 2.61. The number of carbonyl (C=O) groups is 2. The zero-order chi connectivity index (χ0) is 20.2. The minimum absolute atomic E-state index is 0.106. The van der Waals surface area contributed by atoms with Crippen LogP contribution in [-0.4, -0.2) is 32.7 Å². The van der Waals surface area contributed by atoms with Crippen molar-refractivity contribution in [1.82, 2.24) is 0 Å². The standard InChI is InChI=1S/C20H23NO5S/c1-13(2)15-5-9-17(10-6-15)21-19(22)14(3)26-20(23)16-7-11-18(12-8-16)27(4,24)25/h5-14H,1-4H3,(H,21,22)/t14-/m0/s1. The first kappa shape index (κ1) is 20.6. The number of anilines is 1. The minimum atomic E-state index is -3.34. The summed E-state index contributed by atoms with van der Waals surface area (Å²) in [6.07, 6.45) is 0.0809. The van der Waals surface area contributed by atoms with E-state index in [1.165, 1.54) is 31.2 Å². The van der Waals surface area contributed by atoms with Gasteiger partial charge in [0.05, 0.1) is 10.5 Å². The maximum atomic E-state index is 12.2. The first-order valence-corrected chi connectivity index (χ1v) is 10.4. The van der Waals surface area contributed by atoms with Crippen LogP contribution in [0.4, 0.5) is 5.69 Å². The van der Waals surface area contributed by atoms with E-state index < -0.39 is 27.8 Å². The predicted molar refractivity (Wildman–Crippen MR) is 104 cm³/mol. The van der Waals surface area contributed by atoms with E-state index in [9.17, 15) is 18.0 Å². The van der Waals surface area contributed by atoms with E-state index in [-0.39, 0.29) is 10.5 Å². The Labute approximate surface area is 159 Å². The van der Waals surface area contributed by atoms with E-state index in [0.29, 0.717) is 11.6 Å². The molecule has 27 heavy (non-hydrogen) atoms. The lowest BCUT2D eigenvalue weighted by Crippen LogP contribution is -2.30. The molecule has 7 heteroatoms. The largest absolute Gasteiger partial charge is 0.449 e. The summed E-state index contributed by atoms with van der Waals surface area (Å²) in [7, 11) is -3.34. The summed E-state index contributed by atoms with van der Waals surface area (Å²) in [5.41, 5.74) is 1.94. The SMILES string of the molecule is CC(C)c1ccc(NC(=O)[C@H](C)OC(=O)c2ccc(S(C)(=O)=O)cc2)cc1. The van der Waals surface area contributed by atoms with Gasteiger partial charge in [-0.3, -0.25) is 4.79 Å². The molecule has 0 unspecified atom stereocenters. The van der Waals surface area contributed by atoms with Gasteiger partial charge in [-0.15, -0.1) is 0 Å². The third-order valence-electron chi connectivity index (χ3n) is 4.02. The lowest BCUT2D eigenvalue weighted by molar-refractivity contribution is -0.123. The van der Waals surface area contributed by atoms with Crippen molar-refractivity contribution in [2.45, 2.75) is 37.7 Å². The van der Waals surface area contributed by atoms with Gasteiger partial charge in [0.2, 0.25) is 0 Å². The quantitative estimate of drug-likeness (QED) is 0.765. The zero-order valence-electron chi connectivity index (χ0n) is 15.7. The minimum Gasteiger partial charge on any atom is -0.449 e. The molecule has 1 atom stereocenters. The third kappa shape index (κ3) is 5.65. The van der Waals surface area contributed by atoms with Crippen LogP contribution in [0.25, 0.3) is 0 Å². The number of rotatable bonds is 6. The van der Waals surface area contributed by atoms with Gasteiger partial charge in [0.15, 0.2) is 15.9 Å². The topological polar surface area (TPSA) is 89.5 Å². The lowest BCUT2D eigenvalue weighted by Gasteiger charge is -2.14. The van der Waals surface area contributed by atoms with Crippen molar-refractivity contribution in [3.8, 4) is 0 Å². The fourth-order valence-corrected chi connectivity index (χ4v) is 2.95. The number of ether oxygens (including phenoxy) is 1. The number of nitrogens with one attached hydrogen (secondary N) is 1. The van der Waals surface area contributed by atoms with Crippen LogP contribution in [0.5, 0.6) is 0 Å². The number of benzene rings is 2. The highest BCUT2D eigenvalue weighted by atomic mass is 32.2. The molecule has 2 aromatic rings. The van der Waals surface area contributed by atoms with Crippen LogP contribution in [0.15, 0.2) is 53.4 Å². The Morgan fingerprint density at radius 3 is 1.96 bits per heavy atom. The molecule has 2 rings (SSSR count). The van der Waals surface area contributed by atoms with E-state index in [1.807, 2.05) is 12.1 Å². The monoisotopic (exact) mass is 389 g/mol. The summed E-state index contributed by atoms with van der Waals surface area (Å²) in [5.74, 6) is -0.759. The van der Waals surface area contributed by atoms with Gasteiger partial charge in [-0.05, 0) is 54.8 Å². The smallest absolute Gasteiger partial charge is 0.338 e. The molecule has 6 nitrogen and oxygen atoms in total. The second-order valence-electron chi connectivity index (χ2n) is 6.61. The Bertz CT molecular complexity index is 916. The van der Waals surface area contributed by atoms with Gasteiger partial charge in [0.1, 0.15) is 0 Å². The van der Waals surface area contributed by atoms with Crippen molar-refractivity contribution < 1.29 is 22.7 Å². The van der Waals surface area contributed by atoms with Gasteiger partial charge in [-0.1, -0.05) is 26.0 Å². The summed E-state index contributed by atoms with van der Waals surface area (Å²) in [4.78, 5) is 24.5. The van der Waals surface area contributed by atoms with E-state index in [2.05, 4.69) is 19.2 Å². The molecule has 0 radical (unpaired) electrons. The van der Waals surface area contributed by atoms with Gasteiger partial charge < -0.3 is 10.1 Å². The number of amides is 1. The maximum absolute atomic E-state index is 12.2. The van der Waals surface area contributed by atoms with Crippen LogP contribution in [0.1, 0.15) is 42.6 Å². The molecule has 0 aromatic heterocycles. The molecule has 0 saturated heterocycles. The molecular formula is C20H23NO5S. The van der Waals surface area contributed by atoms with E-state index in [1.54, 1.807) is 12.1 Å². The number of hydrogen-bond acceptors (Lipinski definition) is 5. The van der Waals surface area contributed by atoms with Crippen LogP contribution < -0.4 is 5.32 Å². The summed E-state index contributed by atoms with van der Waals surface area (Å²) in [6.45, 7) is 5.63. The number of carbonyl (C=O) groups excluding carboxylic acids is 2. The van der Waals surface area contributed by atoms with Crippen LogP contribution in [0.3, 0.4) is 0 Å². The molecule has 0 aliphatic carbocycles. The highest BCUT2D eigenvalue weighted by Gasteiger charge is 2.19.